The van der Waals surface area contributed by atoms with E-state index in [2.05, 4.69) is 0 Å². The van der Waals surface area contributed by atoms with Gasteiger partial charge in [-0.2, -0.15) is 0 Å². The van der Waals surface area contributed by atoms with Crippen LogP contribution in [0.15, 0.2) is 36.4 Å². The summed E-state index contributed by atoms with van der Waals surface area (Å²) in [4.78, 5) is 10.9. The fourth-order valence-corrected chi connectivity index (χ4v) is 2.09. The van der Waals surface area contributed by atoms with Crippen LogP contribution in [0.2, 0.25) is 5.02 Å². The van der Waals surface area contributed by atoms with Gasteiger partial charge >= 0.3 is 5.69 Å². The number of aryl methyl sites for hydroxylation is 1. The smallest absolute Gasteiger partial charge is 0.241 e. The van der Waals surface area contributed by atoms with Crippen LogP contribution in [-0.4, -0.2) is 10.1 Å². The maximum atomic E-state index is 13.8. The summed E-state index contributed by atoms with van der Waals surface area (Å²) in [5.74, 6) is -0.474. The van der Waals surface area contributed by atoms with Crippen LogP contribution < -0.4 is 0 Å². The van der Waals surface area contributed by atoms with E-state index in [1.807, 2.05) is 6.92 Å². The minimum Gasteiger partial charge on any atom is -0.241 e. The zero-order valence-electron chi connectivity index (χ0n) is 10.2. The molecule has 19 heavy (non-hydrogen) atoms. The van der Waals surface area contributed by atoms with E-state index in [-0.39, 0.29) is 10.6 Å². The van der Waals surface area contributed by atoms with E-state index in [1.165, 1.54) is 18.2 Å². The van der Waals surface area contributed by atoms with Gasteiger partial charge in [0.05, 0.1) is 4.91 Å². The van der Waals surface area contributed by atoms with Gasteiger partial charge in [0.25, 0.3) is 4.92 Å². The van der Waals surface area contributed by atoms with Crippen LogP contribution in [0, 0.1) is 10.7 Å². The molecule has 5 heteroatoms. The predicted octanol–water partition coefficient (Wildman–Crippen LogP) is 4.51. The van der Waals surface area contributed by atoms with Crippen molar-refractivity contribution in [1.82, 2.24) is 0 Å². The average molecular weight is 281 g/mol. The first-order chi connectivity index (χ1) is 9.02. The van der Waals surface area contributed by atoms with Crippen LogP contribution in [0.25, 0.3) is 11.1 Å². The third-order valence-electron chi connectivity index (χ3n) is 2.91. The number of halogens is 2. The molecule has 3 nitrogen and oxygen atoms in total. The van der Waals surface area contributed by atoms with Crippen molar-refractivity contribution in [2.75, 3.05) is 0 Å². The maximum Gasteiger partial charge on any atom is 0.320 e. The van der Waals surface area contributed by atoms with Gasteiger partial charge in [-0.25, -0.2) is 9.60 Å². The van der Waals surface area contributed by atoms with E-state index in [1.54, 1.807) is 18.2 Å². The van der Waals surface area contributed by atoms with E-state index in [9.17, 15) is 9.30 Å². The summed E-state index contributed by atoms with van der Waals surface area (Å²) >= 11 is 5.70. The molecule has 0 amide bonds. The van der Waals surface area contributed by atoms with Gasteiger partial charge in [0.2, 0.25) is 0 Å². The Labute approximate surface area is 114 Å². The van der Waals surface area contributed by atoms with Crippen LogP contribution in [0.4, 0.5) is 10.1 Å². The molecule has 0 bridgehead atoms. The highest BCUT2D eigenvalue weighted by Crippen LogP contribution is 2.30. The number of hydrogen-bond acceptors (Lipinski definition) is 1. The van der Waals surface area contributed by atoms with Crippen LogP contribution in [-0.2, 0) is 6.42 Å². The molecule has 0 atom stereocenters. The second-order valence-corrected chi connectivity index (χ2v) is 4.53. The van der Waals surface area contributed by atoms with E-state index in [0.29, 0.717) is 28.1 Å². The minimum absolute atomic E-state index is 0.120. The summed E-state index contributed by atoms with van der Waals surface area (Å²) in [6.07, 6.45) is 0.595. The maximum absolute atomic E-state index is 13.8. The molecule has 2 rings (SSSR count). The molecule has 0 aromatic heterocycles. The third-order valence-corrected chi connectivity index (χ3v) is 3.15. The SMILES string of the molecule is CCc1ccc(-c2ccc(Cl)cc2F)cc1[N+](=O)O. The first-order valence-electron chi connectivity index (χ1n) is 5.77. The number of rotatable bonds is 3. The average Bonchev–Trinajstić information content (AvgIpc) is 2.38. The zero-order valence-corrected chi connectivity index (χ0v) is 11.0. The Morgan fingerprint density at radius 1 is 1.26 bits per heavy atom. The summed E-state index contributed by atoms with van der Waals surface area (Å²) in [7, 11) is 0. The minimum atomic E-state index is -0.474. The molecular formula is C14H12ClFNO2+. The van der Waals surface area contributed by atoms with Crippen LogP contribution in [0.5, 0.6) is 0 Å². The van der Waals surface area contributed by atoms with E-state index < -0.39 is 5.82 Å². The Bertz CT molecular complexity index is 643. The molecule has 0 saturated carbocycles. The lowest BCUT2D eigenvalue weighted by molar-refractivity contribution is -0.730. The fourth-order valence-electron chi connectivity index (χ4n) is 1.93. The van der Waals surface area contributed by atoms with Crippen molar-refractivity contribution in [3.63, 3.8) is 0 Å². The lowest BCUT2D eigenvalue weighted by Crippen LogP contribution is -1.97. The van der Waals surface area contributed by atoms with Gasteiger partial charge < -0.3 is 0 Å². The molecule has 0 spiro atoms. The molecule has 0 aliphatic rings. The van der Waals surface area contributed by atoms with Crippen molar-refractivity contribution in [2.24, 2.45) is 0 Å². The summed E-state index contributed by atoms with van der Waals surface area (Å²) in [5.41, 5.74) is 1.65. The van der Waals surface area contributed by atoms with Crippen molar-refractivity contribution in [1.29, 1.82) is 0 Å². The van der Waals surface area contributed by atoms with Crippen LogP contribution in [0.3, 0.4) is 0 Å². The summed E-state index contributed by atoms with van der Waals surface area (Å²) in [6, 6.07) is 9.17. The van der Waals surface area contributed by atoms with E-state index >= 15 is 0 Å². The monoisotopic (exact) mass is 280 g/mol. The molecule has 98 valence electrons. The molecule has 0 heterocycles. The van der Waals surface area contributed by atoms with Gasteiger partial charge in [0.15, 0.2) is 0 Å². The molecule has 0 radical (unpaired) electrons. The molecule has 2 aromatic rings. The molecule has 2 aromatic carbocycles. The Hall–Kier alpha value is -1.94. The van der Waals surface area contributed by atoms with Crippen LogP contribution in [0.1, 0.15) is 12.5 Å². The molecule has 1 N–H and O–H groups in total. The fraction of sp³-hybridized carbons (Fsp3) is 0.143. The number of benzene rings is 2. The highest BCUT2D eigenvalue weighted by atomic mass is 35.5. The van der Waals surface area contributed by atoms with E-state index in [0.717, 1.165) is 0 Å². The molecular weight excluding hydrogens is 269 g/mol. The Balaban J connectivity index is 2.57. The van der Waals surface area contributed by atoms with E-state index in [4.69, 9.17) is 16.8 Å². The highest BCUT2D eigenvalue weighted by molar-refractivity contribution is 6.30. The summed E-state index contributed by atoms with van der Waals surface area (Å²) in [6.45, 7) is 1.87. The Morgan fingerprint density at radius 2 is 2.00 bits per heavy atom. The highest BCUT2D eigenvalue weighted by Gasteiger charge is 2.19. The van der Waals surface area contributed by atoms with Gasteiger partial charge in [-0.3, -0.25) is 0 Å². The second-order valence-electron chi connectivity index (χ2n) is 4.09. The molecule has 0 aliphatic heterocycles. The first kappa shape index (κ1) is 13.5. The summed E-state index contributed by atoms with van der Waals surface area (Å²) in [5, 5.41) is 9.39. The van der Waals surface area contributed by atoms with Crippen molar-refractivity contribution in [2.45, 2.75) is 13.3 Å². The van der Waals surface area contributed by atoms with Gasteiger partial charge in [0, 0.05) is 22.2 Å². The number of hydrogen-bond donors (Lipinski definition) is 1. The normalized spacial score (nSPS) is 10.5. The second kappa shape index (κ2) is 5.36. The van der Waals surface area contributed by atoms with Crippen molar-refractivity contribution in [3.05, 3.63) is 57.7 Å². The van der Waals surface area contributed by atoms with Gasteiger partial charge in [-0.05, 0) is 30.2 Å². The Kier molecular flexibility index (Phi) is 3.81. The van der Waals surface area contributed by atoms with Gasteiger partial charge in [0.1, 0.15) is 5.82 Å². The van der Waals surface area contributed by atoms with Crippen molar-refractivity contribution in [3.8, 4) is 11.1 Å². The number of nitrogens with zero attached hydrogens (tertiary/aromatic N) is 1. The Morgan fingerprint density at radius 3 is 2.58 bits per heavy atom. The zero-order chi connectivity index (χ0) is 14.0. The lowest BCUT2D eigenvalue weighted by Gasteiger charge is -2.05. The van der Waals surface area contributed by atoms with Gasteiger partial charge in [-0.1, -0.05) is 30.7 Å². The van der Waals surface area contributed by atoms with Crippen molar-refractivity contribution < 1.29 is 14.5 Å². The molecule has 0 saturated heterocycles. The summed E-state index contributed by atoms with van der Waals surface area (Å²) < 4.78 is 13.8. The van der Waals surface area contributed by atoms with Crippen molar-refractivity contribution >= 4 is 17.3 Å². The lowest BCUT2D eigenvalue weighted by atomic mass is 10.0. The molecule has 0 aliphatic carbocycles. The first-order valence-corrected chi connectivity index (χ1v) is 6.15. The molecule has 0 fully saturated rings. The largest absolute Gasteiger partial charge is 0.320 e. The topological polar surface area (TPSA) is 40.3 Å². The standard InChI is InChI=1S/C14H12ClFNO2/c1-2-9-3-4-10(7-14(9)17(18)19)12-6-5-11(15)8-13(12)16/h3-8H,2H2,1H3,(H,18,19)/q+1. The van der Waals surface area contributed by atoms with Crippen LogP contribution >= 0.6 is 11.6 Å². The predicted molar refractivity (Wildman–Crippen MR) is 71.3 cm³/mol. The van der Waals surface area contributed by atoms with Gasteiger partial charge in [-0.15, -0.1) is 0 Å². The quantitative estimate of drug-likeness (QED) is 0.841. The molecule has 0 unspecified atom stereocenters. The third kappa shape index (κ3) is 2.74.